The van der Waals surface area contributed by atoms with Crippen LogP contribution in [0, 0.1) is 0 Å². The first-order valence-corrected chi connectivity index (χ1v) is 24.0. The highest BCUT2D eigenvalue weighted by Crippen LogP contribution is 2.46. The summed E-state index contributed by atoms with van der Waals surface area (Å²) in [4.78, 5) is 4.61. The Hall–Kier alpha value is -7.08. The summed E-state index contributed by atoms with van der Waals surface area (Å²) in [6.45, 7) is 7.17. The average molecular weight is 797 g/mol. The molecule has 0 aliphatic rings. The van der Waals surface area contributed by atoms with Crippen LogP contribution in [-0.2, 0) is 0 Å². The maximum absolute atomic E-state index is 6.22. The fourth-order valence-electron chi connectivity index (χ4n) is 8.33. The molecule has 0 N–H and O–H groups in total. The molecular formula is C55H48N2O2Si. The van der Waals surface area contributed by atoms with Crippen LogP contribution in [-0.4, -0.2) is 22.3 Å². The minimum Gasteiger partial charge on any atom is -0.496 e. The van der Waals surface area contributed by atoms with Gasteiger partial charge >= 0.3 is 0 Å². The lowest BCUT2D eigenvalue weighted by Crippen LogP contribution is -2.37. The molecule has 9 aromatic carbocycles. The summed E-state index contributed by atoms with van der Waals surface area (Å²) in [5.41, 5.74) is 10.8. The first kappa shape index (κ1) is 38.4. The Balaban J connectivity index is 1.12. The number of para-hydroxylation sites is 2. The molecule has 0 bridgehead atoms. The Morgan fingerprint density at radius 1 is 0.367 bits per heavy atom. The van der Waals surface area contributed by atoms with Crippen molar-refractivity contribution in [3.63, 3.8) is 0 Å². The van der Waals surface area contributed by atoms with Gasteiger partial charge in [-0.05, 0) is 118 Å². The monoisotopic (exact) mass is 796 g/mol. The molecule has 0 radical (unpaired) electrons. The maximum atomic E-state index is 6.22. The quantitative estimate of drug-likeness (QED) is 0.122. The van der Waals surface area contributed by atoms with Crippen molar-refractivity contribution in [3.05, 3.63) is 200 Å². The SMILES string of the molecule is COc1cc(N(c2ccccc2)c2ccc3ccccc3c2)ccc1-c1ccc(OC)c2c(-c3ccc(N(c4ccccc4)c4ccc([Si](C)(C)C)cc4)cc3)cccc12. The Morgan fingerprint density at radius 2 is 0.883 bits per heavy atom. The van der Waals surface area contributed by atoms with E-state index >= 15 is 0 Å². The number of methoxy groups -OCH3 is 2. The van der Waals surface area contributed by atoms with Crippen molar-refractivity contribution in [2.75, 3.05) is 24.0 Å². The van der Waals surface area contributed by atoms with Crippen LogP contribution in [0.25, 0.3) is 43.8 Å². The Labute approximate surface area is 354 Å². The molecule has 9 rings (SSSR count). The number of anilines is 6. The molecule has 4 nitrogen and oxygen atoms in total. The molecule has 0 aliphatic carbocycles. The molecule has 9 aromatic rings. The van der Waals surface area contributed by atoms with E-state index in [4.69, 9.17) is 9.47 Å². The fourth-order valence-corrected chi connectivity index (χ4v) is 9.49. The van der Waals surface area contributed by atoms with E-state index in [0.717, 1.165) is 78.6 Å². The molecule has 294 valence electrons. The minimum atomic E-state index is -1.43. The smallest absolute Gasteiger partial charge is 0.128 e. The van der Waals surface area contributed by atoms with Crippen LogP contribution in [0.5, 0.6) is 11.5 Å². The third-order valence-corrected chi connectivity index (χ3v) is 13.5. The Bertz CT molecular complexity index is 2920. The lowest BCUT2D eigenvalue weighted by molar-refractivity contribution is 0.416. The number of hydrogen-bond donors (Lipinski definition) is 0. The van der Waals surface area contributed by atoms with Gasteiger partial charge in [-0.15, -0.1) is 0 Å². The van der Waals surface area contributed by atoms with Crippen molar-refractivity contribution in [1.29, 1.82) is 0 Å². The summed E-state index contributed by atoms with van der Waals surface area (Å²) in [7, 11) is 2.07. The molecule has 0 spiro atoms. The van der Waals surface area contributed by atoms with Crippen molar-refractivity contribution >= 4 is 68.9 Å². The van der Waals surface area contributed by atoms with Gasteiger partial charge < -0.3 is 19.3 Å². The molecule has 5 heteroatoms. The van der Waals surface area contributed by atoms with Gasteiger partial charge in [0.1, 0.15) is 11.5 Å². The molecule has 0 aliphatic heterocycles. The van der Waals surface area contributed by atoms with E-state index in [1.165, 1.54) is 16.0 Å². The number of rotatable bonds is 11. The number of nitrogens with zero attached hydrogens (tertiary/aromatic N) is 2. The molecule has 0 fully saturated rings. The van der Waals surface area contributed by atoms with Crippen LogP contribution >= 0.6 is 0 Å². The molecule has 0 heterocycles. The zero-order chi connectivity index (χ0) is 41.2. The van der Waals surface area contributed by atoms with Crippen LogP contribution in [0.1, 0.15) is 0 Å². The van der Waals surface area contributed by atoms with E-state index in [1.54, 1.807) is 14.2 Å². The second-order valence-corrected chi connectivity index (χ2v) is 21.2. The summed E-state index contributed by atoms with van der Waals surface area (Å²) in [5.74, 6) is 1.61. The van der Waals surface area contributed by atoms with E-state index in [2.05, 4.69) is 230 Å². The van der Waals surface area contributed by atoms with Crippen molar-refractivity contribution in [2.24, 2.45) is 0 Å². The molecule has 0 unspecified atom stereocenters. The molecule has 0 saturated carbocycles. The van der Waals surface area contributed by atoms with Gasteiger partial charge in [-0.25, -0.2) is 0 Å². The van der Waals surface area contributed by atoms with Gasteiger partial charge in [0.2, 0.25) is 0 Å². The van der Waals surface area contributed by atoms with E-state index < -0.39 is 8.07 Å². The summed E-state index contributed by atoms with van der Waals surface area (Å²) in [5, 5.41) is 5.99. The third-order valence-electron chi connectivity index (χ3n) is 11.4. The van der Waals surface area contributed by atoms with Crippen molar-refractivity contribution < 1.29 is 9.47 Å². The zero-order valence-electron chi connectivity index (χ0n) is 34.8. The zero-order valence-corrected chi connectivity index (χ0v) is 35.8. The molecular weight excluding hydrogens is 749 g/mol. The number of hydrogen-bond acceptors (Lipinski definition) is 4. The van der Waals surface area contributed by atoms with Crippen molar-refractivity contribution in [3.8, 4) is 33.8 Å². The van der Waals surface area contributed by atoms with Gasteiger partial charge in [0.25, 0.3) is 0 Å². The second kappa shape index (κ2) is 16.3. The van der Waals surface area contributed by atoms with Crippen molar-refractivity contribution in [1.82, 2.24) is 0 Å². The Kier molecular flexibility index (Phi) is 10.4. The van der Waals surface area contributed by atoms with Gasteiger partial charge in [-0.1, -0.05) is 134 Å². The molecule has 0 aromatic heterocycles. The highest BCUT2D eigenvalue weighted by molar-refractivity contribution is 6.88. The average Bonchev–Trinajstić information content (AvgIpc) is 3.29. The van der Waals surface area contributed by atoms with Crippen molar-refractivity contribution in [2.45, 2.75) is 19.6 Å². The van der Waals surface area contributed by atoms with Crippen LogP contribution in [0.4, 0.5) is 34.1 Å². The predicted octanol–water partition coefficient (Wildman–Crippen LogP) is 14.8. The summed E-state index contributed by atoms with van der Waals surface area (Å²) in [6, 6.07) is 71.5. The lowest BCUT2D eigenvalue weighted by atomic mass is 9.91. The molecule has 0 atom stereocenters. The van der Waals surface area contributed by atoms with E-state index in [0.29, 0.717) is 0 Å². The standard InChI is InChI=1S/C55H48N2O2Si/c1-58-53-36-35-50(51-34-31-47(38-54(51)59-2)57(43-19-10-7-11-20-43)46-28-23-39-15-12-13-16-41(39)37-46)52-22-14-21-49(55(52)53)40-24-26-44(27-25-40)56(42-17-8-6-9-18-42)45-29-32-48(33-30-45)60(3,4)5/h6-38H,1-5H3. The van der Waals surface area contributed by atoms with Gasteiger partial charge in [-0.2, -0.15) is 0 Å². The highest BCUT2D eigenvalue weighted by Gasteiger charge is 2.21. The summed E-state index contributed by atoms with van der Waals surface area (Å²) in [6.07, 6.45) is 0. The fraction of sp³-hybridized carbons (Fsp3) is 0.0909. The Morgan fingerprint density at radius 3 is 1.52 bits per heavy atom. The first-order chi connectivity index (χ1) is 29.3. The van der Waals surface area contributed by atoms with Gasteiger partial charge in [0.15, 0.2) is 0 Å². The van der Waals surface area contributed by atoms with Crippen LogP contribution < -0.4 is 24.5 Å². The van der Waals surface area contributed by atoms with E-state index in [1.807, 2.05) is 0 Å². The van der Waals surface area contributed by atoms with Gasteiger partial charge in [0.05, 0.1) is 22.3 Å². The van der Waals surface area contributed by atoms with Crippen LogP contribution in [0.3, 0.4) is 0 Å². The number of ether oxygens (including phenoxy) is 2. The molecule has 0 amide bonds. The summed E-state index contributed by atoms with van der Waals surface area (Å²) >= 11 is 0. The largest absolute Gasteiger partial charge is 0.496 e. The topological polar surface area (TPSA) is 24.9 Å². The second-order valence-electron chi connectivity index (χ2n) is 16.1. The summed E-state index contributed by atoms with van der Waals surface area (Å²) < 4.78 is 12.3. The van der Waals surface area contributed by atoms with E-state index in [9.17, 15) is 0 Å². The predicted molar refractivity (Wildman–Crippen MR) is 258 cm³/mol. The molecule has 60 heavy (non-hydrogen) atoms. The highest BCUT2D eigenvalue weighted by atomic mass is 28.3. The maximum Gasteiger partial charge on any atom is 0.128 e. The number of benzene rings is 9. The van der Waals surface area contributed by atoms with E-state index in [-0.39, 0.29) is 0 Å². The number of fused-ring (bicyclic) bond motifs is 2. The van der Waals surface area contributed by atoms with Gasteiger partial charge in [0, 0.05) is 51.1 Å². The third kappa shape index (κ3) is 7.40. The van der Waals surface area contributed by atoms with Gasteiger partial charge in [-0.3, -0.25) is 0 Å². The van der Waals surface area contributed by atoms with Crippen LogP contribution in [0.2, 0.25) is 19.6 Å². The first-order valence-electron chi connectivity index (χ1n) is 20.5. The lowest BCUT2D eigenvalue weighted by Gasteiger charge is -2.27. The van der Waals surface area contributed by atoms with Crippen LogP contribution in [0.15, 0.2) is 200 Å². The minimum absolute atomic E-state index is 0.786. The normalized spacial score (nSPS) is 11.4. The molecule has 0 saturated heterocycles.